The van der Waals surface area contributed by atoms with E-state index in [1.165, 1.54) is 11.3 Å². The van der Waals surface area contributed by atoms with E-state index in [1.54, 1.807) is 5.38 Å². The summed E-state index contributed by atoms with van der Waals surface area (Å²) in [5.41, 5.74) is 0. The molecule has 1 aromatic heterocycles. The molecule has 0 N–H and O–H groups in total. The molecule has 15 heavy (non-hydrogen) atoms. The largest absolute Gasteiger partial charge is 0.222 e. The average molecular weight is 308 g/mol. The second-order valence-electron chi connectivity index (χ2n) is 2.61. The summed E-state index contributed by atoms with van der Waals surface area (Å²) >= 11 is 5.68. The van der Waals surface area contributed by atoms with Crippen LogP contribution in [0.1, 0.15) is 0 Å². The lowest BCUT2D eigenvalue weighted by Gasteiger charge is -1.99. The third-order valence-electron chi connectivity index (χ3n) is 1.55. The lowest BCUT2D eigenvalue weighted by molar-refractivity contribution is 0.577. The third-order valence-corrected chi connectivity index (χ3v) is 4.23. The fraction of sp³-hybridized carbons (Fsp3) is 0. The normalized spacial score (nSPS) is 10.6. The van der Waals surface area contributed by atoms with Crippen molar-refractivity contribution in [1.82, 2.24) is 4.98 Å². The summed E-state index contributed by atoms with van der Waals surface area (Å²) in [5, 5.41) is 1.79. The Labute approximate surface area is 102 Å². The molecule has 1 nitrogen and oxygen atoms in total. The first kappa shape index (κ1) is 11.0. The molecule has 1 aromatic carbocycles. The van der Waals surface area contributed by atoms with Gasteiger partial charge in [-0.15, -0.1) is 11.3 Å². The molecule has 0 atom stereocenters. The smallest absolute Gasteiger partial charge is 0.156 e. The van der Waals surface area contributed by atoms with Crippen LogP contribution in [0.5, 0.6) is 0 Å². The summed E-state index contributed by atoms with van der Waals surface area (Å²) < 4.78 is 27.5. The Bertz CT molecular complexity index is 487. The monoisotopic (exact) mass is 307 g/mol. The minimum absolute atomic E-state index is 0.247. The van der Waals surface area contributed by atoms with Crippen LogP contribution in [0.25, 0.3) is 0 Å². The molecule has 0 saturated heterocycles. The van der Waals surface area contributed by atoms with Crippen molar-refractivity contribution in [2.75, 3.05) is 0 Å². The van der Waals surface area contributed by atoms with Gasteiger partial charge in [0.1, 0.15) is 16.2 Å². The molecule has 0 aliphatic rings. The van der Waals surface area contributed by atoms with Crippen molar-refractivity contribution in [2.45, 2.75) is 9.24 Å². The third kappa shape index (κ3) is 2.76. The van der Waals surface area contributed by atoms with Gasteiger partial charge in [-0.1, -0.05) is 11.8 Å². The standard InChI is InChI=1S/C9H4BrF2NS2/c10-8-4-14-9(13-8)15-7-3-5(11)1-2-6(7)12/h1-4H. The van der Waals surface area contributed by atoms with Crippen molar-refractivity contribution in [3.63, 3.8) is 0 Å². The van der Waals surface area contributed by atoms with Crippen molar-refractivity contribution < 1.29 is 8.78 Å². The highest BCUT2D eigenvalue weighted by molar-refractivity contribution is 9.10. The molecule has 0 unspecified atom stereocenters. The number of halogens is 3. The molecule has 0 aliphatic carbocycles. The first-order chi connectivity index (χ1) is 7.15. The van der Waals surface area contributed by atoms with Crippen LogP contribution < -0.4 is 0 Å². The van der Waals surface area contributed by atoms with E-state index in [9.17, 15) is 8.78 Å². The minimum atomic E-state index is -0.450. The molecular formula is C9H4BrF2NS2. The fourth-order valence-corrected chi connectivity index (χ4v) is 3.30. The highest BCUT2D eigenvalue weighted by Crippen LogP contribution is 2.33. The number of rotatable bonds is 2. The number of benzene rings is 1. The fourth-order valence-electron chi connectivity index (χ4n) is 0.935. The average Bonchev–Trinajstić information content (AvgIpc) is 2.58. The van der Waals surface area contributed by atoms with Crippen molar-refractivity contribution in [2.24, 2.45) is 0 Å². The van der Waals surface area contributed by atoms with Crippen molar-refractivity contribution in [1.29, 1.82) is 0 Å². The second-order valence-corrected chi connectivity index (χ2v) is 5.57. The van der Waals surface area contributed by atoms with Gasteiger partial charge in [0, 0.05) is 5.38 Å². The molecule has 0 saturated carbocycles. The summed E-state index contributed by atoms with van der Waals surface area (Å²) in [6.45, 7) is 0. The molecule has 1 heterocycles. The summed E-state index contributed by atoms with van der Waals surface area (Å²) in [4.78, 5) is 4.33. The quantitative estimate of drug-likeness (QED) is 0.819. The molecule has 0 aliphatic heterocycles. The van der Waals surface area contributed by atoms with Crippen LogP contribution in [0, 0.1) is 11.6 Å². The van der Waals surface area contributed by atoms with Gasteiger partial charge in [-0.3, -0.25) is 0 Å². The SMILES string of the molecule is Fc1ccc(F)c(Sc2nc(Br)cs2)c1. The summed E-state index contributed by atoms with van der Waals surface area (Å²) in [5.74, 6) is -0.887. The number of nitrogens with zero attached hydrogens (tertiary/aromatic N) is 1. The van der Waals surface area contributed by atoms with Gasteiger partial charge in [-0.05, 0) is 34.1 Å². The van der Waals surface area contributed by atoms with Gasteiger partial charge in [0.15, 0.2) is 4.34 Å². The van der Waals surface area contributed by atoms with Crippen LogP contribution in [-0.2, 0) is 0 Å². The zero-order valence-corrected chi connectivity index (χ0v) is 10.4. The Morgan fingerprint density at radius 2 is 2.13 bits per heavy atom. The predicted molar refractivity (Wildman–Crippen MR) is 60.3 cm³/mol. The second kappa shape index (κ2) is 4.59. The molecule has 0 fully saturated rings. The van der Waals surface area contributed by atoms with Gasteiger partial charge in [-0.25, -0.2) is 13.8 Å². The van der Waals surface area contributed by atoms with Crippen LogP contribution in [0.4, 0.5) is 8.78 Å². The van der Waals surface area contributed by atoms with Gasteiger partial charge in [0.25, 0.3) is 0 Å². The predicted octanol–water partition coefficient (Wildman–Crippen LogP) is 4.34. The molecule has 78 valence electrons. The van der Waals surface area contributed by atoms with Crippen LogP contribution in [-0.4, -0.2) is 4.98 Å². The van der Waals surface area contributed by atoms with E-state index in [0.29, 0.717) is 8.94 Å². The van der Waals surface area contributed by atoms with E-state index in [4.69, 9.17) is 0 Å². The molecular weight excluding hydrogens is 304 g/mol. The lowest BCUT2D eigenvalue weighted by atomic mass is 10.3. The van der Waals surface area contributed by atoms with E-state index in [2.05, 4.69) is 20.9 Å². The van der Waals surface area contributed by atoms with Gasteiger partial charge >= 0.3 is 0 Å². The Hall–Kier alpha value is -0.460. The maximum absolute atomic E-state index is 13.2. The molecule has 0 amide bonds. The number of aromatic nitrogens is 1. The van der Waals surface area contributed by atoms with Crippen LogP contribution >= 0.6 is 39.0 Å². The van der Waals surface area contributed by atoms with Crippen LogP contribution in [0.15, 0.2) is 37.4 Å². The van der Waals surface area contributed by atoms with E-state index >= 15 is 0 Å². The minimum Gasteiger partial charge on any atom is -0.222 e. The maximum Gasteiger partial charge on any atom is 0.156 e. The molecule has 6 heteroatoms. The topological polar surface area (TPSA) is 12.9 Å². The highest BCUT2D eigenvalue weighted by Gasteiger charge is 2.08. The van der Waals surface area contributed by atoms with E-state index in [-0.39, 0.29) is 4.90 Å². The molecule has 2 rings (SSSR count). The van der Waals surface area contributed by atoms with Crippen molar-refractivity contribution >= 4 is 39.0 Å². The highest BCUT2D eigenvalue weighted by atomic mass is 79.9. The van der Waals surface area contributed by atoms with Crippen LogP contribution in [0.2, 0.25) is 0 Å². The first-order valence-corrected chi connectivity index (χ1v) is 6.38. The van der Waals surface area contributed by atoms with Gasteiger partial charge in [0.2, 0.25) is 0 Å². The van der Waals surface area contributed by atoms with E-state index in [0.717, 1.165) is 30.0 Å². The van der Waals surface area contributed by atoms with E-state index in [1.807, 2.05) is 0 Å². The Morgan fingerprint density at radius 1 is 1.33 bits per heavy atom. The van der Waals surface area contributed by atoms with E-state index < -0.39 is 11.6 Å². The zero-order chi connectivity index (χ0) is 10.8. The molecule has 0 radical (unpaired) electrons. The summed E-state index contributed by atoms with van der Waals surface area (Å²) in [7, 11) is 0. The number of hydrogen-bond acceptors (Lipinski definition) is 3. The molecule has 0 spiro atoms. The summed E-state index contributed by atoms with van der Waals surface area (Å²) in [6.07, 6.45) is 0. The van der Waals surface area contributed by atoms with Gasteiger partial charge in [0.05, 0.1) is 4.90 Å². The Balaban J connectivity index is 2.27. The van der Waals surface area contributed by atoms with Crippen molar-refractivity contribution in [3.8, 4) is 0 Å². The Morgan fingerprint density at radius 3 is 2.80 bits per heavy atom. The maximum atomic E-state index is 13.2. The Kier molecular flexibility index (Phi) is 3.38. The van der Waals surface area contributed by atoms with Crippen molar-refractivity contribution in [3.05, 3.63) is 39.8 Å². The number of hydrogen-bond donors (Lipinski definition) is 0. The van der Waals surface area contributed by atoms with Crippen LogP contribution in [0.3, 0.4) is 0 Å². The number of thiazole rings is 1. The first-order valence-electron chi connectivity index (χ1n) is 3.89. The van der Waals surface area contributed by atoms with Gasteiger partial charge < -0.3 is 0 Å². The van der Waals surface area contributed by atoms with Gasteiger partial charge in [-0.2, -0.15) is 0 Å². The molecule has 0 bridgehead atoms. The lowest BCUT2D eigenvalue weighted by Crippen LogP contribution is -1.82. The zero-order valence-electron chi connectivity index (χ0n) is 7.21. The molecule has 2 aromatic rings. The summed E-state index contributed by atoms with van der Waals surface area (Å²) in [6, 6.07) is 3.37.